The summed E-state index contributed by atoms with van der Waals surface area (Å²) in [6.07, 6.45) is 0.512. The third-order valence-corrected chi connectivity index (χ3v) is 4.87. The molecule has 1 unspecified atom stereocenters. The first-order valence-corrected chi connectivity index (χ1v) is 7.95. The number of thioether (sulfide) groups is 1. The molecule has 2 aliphatic heterocycles. The molecular weight excluding hydrogens is 270 g/mol. The molecule has 4 nitrogen and oxygen atoms in total. The van der Waals surface area contributed by atoms with E-state index in [2.05, 4.69) is 54.4 Å². The number of fused-ring (bicyclic) bond motifs is 1. The quantitative estimate of drug-likeness (QED) is 0.910. The average molecular weight is 289 g/mol. The smallest absolute Gasteiger partial charge is 0.240 e. The second-order valence-electron chi connectivity index (χ2n) is 5.66. The van der Waals surface area contributed by atoms with E-state index < -0.39 is 0 Å². The van der Waals surface area contributed by atoms with Crippen LogP contribution >= 0.6 is 11.8 Å². The zero-order valence-electron chi connectivity index (χ0n) is 12.0. The number of anilines is 1. The van der Waals surface area contributed by atoms with E-state index in [9.17, 15) is 4.79 Å². The van der Waals surface area contributed by atoms with Gasteiger partial charge in [0.05, 0.1) is 17.3 Å². The van der Waals surface area contributed by atoms with E-state index in [1.54, 1.807) is 0 Å². The topological polar surface area (TPSA) is 44.7 Å². The van der Waals surface area contributed by atoms with Crippen LogP contribution in [0.15, 0.2) is 28.2 Å². The molecule has 1 N–H and O–H groups in total. The maximum atomic E-state index is 11.3. The second kappa shape index (κ2) is 5.13. The first-order valence-electron chi connectivity index (χ1n) is 6.96. The van der Waals surface area contributed by atoms with Crippen LogP contribution in [0.25, 0.3) is 0 Å². The molecule has 1 aromatic carbocycles. The Hall–Kier alpha value is -1.49. The number of carbonyl (C=O) groups excluding carboxylic acids is 1. The van der Waals surface area contributed by atoms with E-state index in [1.165, 1.54) is 10.6 Å². The van der Waals surface area contributed by atoms with Crippen molar-refractivity contribution in [2.24, 2.45) is 11.0 Å². The van der Waals surface area contributed by atoms with Gasteiger partial charge in [-0.05, 0) is 26.0 Å². The predicted molar refractivity (Wildman–Crippen MR) is 83.2 cm³/mol. The van der Waals surface area contributed by atoms with Gasteiger partial charge in [-0.2, -0.15) is 5.10 Å². The largest absolute Gasteiger partial charge is 0.359 e. The molecule has 0 aliphatic carbocycles. The lowest BCUT2D eigenvalue weighted by Gasteiger charge is -2.24. The lowest BCUT2D eigenvalue weighted by atomic mass is 9.94. The van der Waals surface area contributed by atoms with Gasteiger partial charge >= 0.3 is 0 Å². The van der Waals surface area contributed by atoms with E-state index in [0.717, 1.165) is 17.2 Å². The Labute approximate surface area is 123 Å². The van der Waals surface area contributed by atoms with Gasteiger partial charge in [0.1, 0.15) is 0 Å². The van der Waals surface area contributed by atoms with Crippen LogP contribution in [-0.4, -0.2) is 23.5 Å². The summed E-state index contributed by atoms with van der Waals surface area (Å²) in [5.74, 6) is 1.18. The number of carbonyl (C=O) groups is 1. The summed E-state index contributed by atoms with van der Waals surface area (Å²) in [5.41, 5.74) is 5.97. The number of rotatable bonds is 2. The number of hydrazone groups is 1. The molecule has 0 saturated heterocycles. The summed E-state index contributed by atoms with van der Waals surface area (Å²) in [4.78, 5) is 15.1. The molecule has 1 atom stereocenters. The number of amides is 1. The molecule has 20 heavy (non-hydrogen) atoms. The Bertz CT molecular complexity index is 582. The minimum absolute atomic E-state index is 0.00164. The Kier molecular flexibility index (Phi) is 3.46. The van der Waals surface area contributed by atoms with Crippen molar-refractivity contribution in [1.82, 2.24) is 5.43 Å². The van der Waals surface area contributed by atoms with E-state index in [0.29, 0.717) is 12.5 Å². The number of nitrogens with zero attached hydrogens (tertiary/aromatic N) is 2. The molecule has 0 bridgehead atoms. The number of benzene rings is 1. The van der Waals surface area contributed by atoms with Crippen molar-refractivity contribution in [3.63, 3.8) is 0 Å². The lowest BCUT2D eigenvalue weighted by Crippen LogP contribution is -2.32. The first kappa shape index (κ1) is 13.5. The van der Waals surface area contributed by atoms with Crippen LogP contribution in [0.2, 0.25) is 0 Å². The van der Waals surface area contributed by atoms with Crippen LogP contribution in [0.4, 0.5) is 5.69 Å². The predicted octanol–water partition coefficient (Wildman–Crippen LogP) is 2.82. The van der Waals surface area contributed by atoms with Crippen LogP contribution in [0, 0.1) is 5.92 Å². The van der Waals surface area contributed by atoms with E-state index in [-0.39, 0.29) is 11.8 Å². The van der Waals surface area contributed by atoms with Gasteiger partial charge in [0, 0.05) is 28.8 Å². The maximum Gasteiger partial charge on any atom is 0.240 e. The highest BCUT2D eigenvalue weighted by atomic mass is 32.2. The zero-order valence-corrected chi connectivity index (χ0v) is 12.8. The number of nitrogens with one attached hydrogen (secondary N) is 1. The Morgan fingerprint density at radius 3 is 2.95 bits per heavy atom. The van der Waals surface area contributed by atoms with Crippen LogP contribution in [-0.2, 0) is 4.79 Å². The number of hydrogen-bond acceptors (Lipinski definition) is 4. The molecular formula is C15H19N3OS. The molecule has 1 amide bonds. The summed E-state index contributed by atoms with van der Waals surface area (Å²) >= 11 is 1.88. The molecule has 3 rings (SSSR count). The third-order valence-electron chi connectivity index (χ3n) is 3.81. The van der Waals surface area contributed by atoms with Crippen molar-refractivity contribution in [2.45, 2.75) is 38.1 Å². The monoisotopic (exact) mass is 289 g/mol. The van der Waals surface area contributed by atoms with Gasteiger partial charge in [-0.25, -0.2) is 5.43 Å². The summed E-state index contributed by atoms with van der Waals surface area (Å²) in [6.45, 7) is 6.48. The van der Waals surface area contributed by atoms with E-state index in [1.807, 2.05) is 11.8 Å². The molecule has 2 heterocycles. The average Bonchev–Trinajstić information content (AvgIpc) is 2.81. The minimum atomic E-state index is 0.00164. The van der Waals surface area contributed by atoms with Crippen molar-refractivity contribution in [3.8, 4) is 0 Å². The fraction of sp³-hybridized carbons (Fsp3) is 0.467. The Morgan fingerprint density at radius 1 is 1.45 bits per heavy atom. The Morgan fingerprint density at radius 2 is 2.25 bits per heavy atom. The molecule has 0 spiro atoms. The highest BCUT2D eigenvalue weighted by Crippen LogP contribution is 2.40. The molecule has 1 aromatic rings. The van der Waals surface area contributed by atoms with E-state index in [4.69, 9.17) is 0 Å². The minimum Gasteiger partial charge on any atom is -0.359 e. The van der Waals surface area contributed by atoms with Gasteiger partial charge in [-0.1, -0.05) is 13.0 Å². The van der Waals surface area contributed by atoms with Crippen molar-refractivity contribution < 1.29 is 4.79 Å². The normalized spacial score (nSPS) is 21.8. The molecule has 0 aromatic heterocycles. The summed E-state index contributed by atoms with van der Waals surface area (Å²) in [5, 5.41) is 4.25. The summed E-state index contributed by atoms with van der Waals surface area (Å²) < 4.78 is 0. The third kappa shape index (κ3) is 2.30. The SMILES string of the molecule is CC1CC(=O)NN=C1c1ccc2c(c1)N(C(C)C)CS2. The van der Waals surface area contributed by atoms with E-state index >= 15 is 0 Å². The molecule has 0 saturated carbocycles. The highest BCUT2D eigenvalue weighted by molar-refractivity contribution is 7.99. The highest BCUT2D eigenvalue weighted by Gasteiger charge is 2.26. The first-order chi connectivity index (χ1) is 9.56. The van der Waals surface area contributed by atoms with Gasteiger partial charge in [0.25, 0.3) is 0 Å². The van der Waals surface area contributed by atoms with Gasteiger partial charge in [0.2, 0.25) is 5.91 Å². The van der Waals surface area contributed by atoms with Crippen molar-refractivity contribution in [1.29, 1.82) is 0 Å². The van der Waals surface area contributed by atoms with Crippen LogP contribution < -0.4 is 10.3 Å². The van der Waals surface area contributed by atoms with Crippen LogP contribution in [0.5, 0.6) is 0 Å². The van der Waals surface area contributed by atoms with Gasteiger partial charge in [-0.3, -0.25) is 4.79 Å². The van der Waals surface area contributed by atoms with Gasteiger partial charge < -0.3 is 4.90 Å². The summed E-state index contributed by atoms with van der Waals surface area (Å²) in [7, 11) is 0. The second-order valence-corrected chi connectivity index (χ2v) is 6.64. The molecule has 0 fully saturated rings. The fourth-order valence-electron chi connectivity index (χ4n) is 2.66. The van der Waals surface area contributed by atoms with Crippen LogP contribution in [0.1, 0.15) is 32.8 Å². The lowest BCUT2D eigenvalue weighted by molar-refractivity contribution is -0.121. The maximum absolute atomic E-state index is 11.3. The molecule has 0 radical (unpaired) electrons. The fourth-order valence-corrected chi connectivity index (χ4v) is 3.87. The van der Waals surface area contributed by atoms with Crippen molar-refractivity contribution >= 4 is 29.1 Å². The zero-order chi connectivity index (χ0) is 14.3. The number of hydrogen-bond donors (Lipinski definition) is 1. The van der Waals surface area contributed by atoms with Crippen molar-refractivity contribution in [2.75, 3.05) is 10.8 Å². The van der Waals surface area contributed by atoms with Gasteiger partial charge in [0.15, 0.2) is 0 Å². The van der Waals surface area contributed by atoms with Gasteiger partial charge in [-0.15, -0.1) is 11.8 Å². The van der Waals surface area contributed by atoms with Crippen LogP contribution in [0.3, 0.4) is 0 Å². The molecule has 2 aliphatic rings. The van der Waals surface area contributed by atoms with Crippen molar-refractivity contribution in [3.05, 3.63) is 23.8 Å². The summed E-state index contributed by atoms with van der Waals surface area (Å²) in [6, 6.07) is 6.98. The Balaban J connectivity index is 1.97. The molecule has 106 valence electrons. The standard InChI is InChI=1S/C15H19N3OS/c1-9(2)18-8-20-13-5-4-11(7-12(13)18)15-10(3)6-14(19)16-17-15/h4-5,7,9-10H,6,8H2,1-3H3,(H,16,19). The molecule has 5 heteroatoms.